The van der Waals surface area contributed by atoms with Crippen LogP contribution in [0.25, 0.3) is 0 Å². The molecule has 1 aliphatic rings. The van der Waals surface area contributed by atoms with Crippen molar-refractivity contribution in [2.75, 3.05) is 5.75 Å². The molecular formula is C9H15NO3S2. The van der Waals surface area contributed by atoms with Crippen LogP contribution >= 0.6 is 12.2 Å². The van der Waals surface area contributed by atoms with Crippen molar-refractivity contribution in [2.24, 2.45) is 0 Å². The molecule has 0 aliphatic carbocycles. The quantitative estimate of drug-likeness (QED) is 0.702. The SMILES string of the molecule is CC(C)(C)OC(=S)N[C@@H]1C=CS(=O)(=O)C1. The van der Waals surface area contributed by atoms with Crippen LogP contribution in [0.1, 0.15) is 20.8 Å². The molecule has 0 saturated carbocycles. The summed E-state index contributed by atoms with van der Waals surface area (Å²) in [4.78, 5) is 0. The molecule has 1 rings (SSSR count). The van der Waals surface area contributed by atoms with Crippen molar-refractivity contribution in [3.8, 4) is 0 Å². The largest absolute Gasteiger partial charge is 0.465 e. The van der Waals surface area contributed by atoms with E-state index in [4.69, 9.17) is 17.0 Å². The van der Waals surface area contributed by atoms with E-state index in [1.54, 1.807) is 6.08 Å². The summed E-state index contributed by atoms with van der Waals surface area (Å²) in [7, 11) is -3.04. The monoisotopic (exact) mass is 249 g/mol. The first-order valence-corrected chi connectivity index (χ1v) is 6.71. The second-order valence-corrected chi connectivity index (χ2v) is 6.71. The lowest BCUT2D eigenvalue weighted by molar-refractivity contribution is 0.114. The molecule has 1 N–H and O–H groups in total. The van der Waals surface area contributed by atoms with Gasteiger partial charge in [0.05, 0.1) is 11.8 Å². The third kappa shape index (κ3) is 4.61. The molecule has 1 atom stereocenters. The molecule has 0 radical (unpaired) electrons. The predicted octanol–water partition coefficient (Wildman–Crippen LogP) is 0.987. The minimum absolute atomic E-state index is 0.0423. The molecule has 4 nitrogen and oxygen atoms in total. The van der Waals surface area contributed by atoms with Crippen LogP contribution < -0.4 is 5.32 Å². The average Bonchev–Trinajstić information content (AvgIpc) is 2.25. The molecule has 86 valence electrons. The van der Waals surface area contributed by atoms with E-state index in [-0.39, 0.29) is 22.6 Å². The number of thiocarbonyl (C=S) groups is 1. The summed E-state index contributed by atoms with van der Waals surface area (Å²) >= 11 is 4.95. The van der Waals surface area contributed by atoms with E-state index in [1.165, 1.54) is 5.41 Å². The average molecular weight is 249 g/mol. The van der Waals surface area contributed by atoms with Gasteiger partial charge in [-0.25, -0.2) is 8.42 Å². The lowest BCUT2D eigenvalue weighted by Crippen LogP contribution is -2.39. The number of nitrogens with one attached hydrogen (secondary N) is 1. The molecule has 0 amide bonds. The van der Waals surface area contributed by atoms with Crippen LogP contribution in [0.2, 0.25) is 0 Å². The summed E-state index contributed by atoms with van der Waals surface area (Å²) in [6.45, 7) is 5.63. The number of rotatable bonds is 1. The van der Waals surface area contributed by atoms with E-state index in [9.17, 15) is 8.42 Å². The third-order valence-corrected chi connectivity index (χ3v) is 3.23. The van der Waals surface area contributed by atoms with Crippen molar-refractivity contribution in [1.82, 2.24) is 5.32 Å². The first kappa shape index (κ1) is 12.4. The summed E-state index contributed by atoms with van der Waals surface area (Å²) in [6, 6.07) is -0.273. The van der Waals surface area contributed by atoms with Gasteiger partial charge in [0.2, 0.25) is 0 Å². The van der Waals surface area contributed by atoms with E-state index in [1.807, 2.05) is 20.8 Å². The Morgan fingerprint density at radius 3 is 2.53 bits per heavy atom. The molecule has 0 spiro atoms. The Kier molecular flexibility index (Phi) is 3.40. The molecule has 1 aliphatic heterocycles. The topological polar surface area (TPSA) is 55.4 Å². The van der Waals surface area contributed by atoms with Crippen LogP contribution in [0.15, 0.2) is 11.5 Å². The maximum Gasteiger partial charge on any atom is 0.257 e. The maximum absolute atomic E-state index is 11.1. The van der Waals surface area contributed by atoms with Gasteiger partial charge in [-0.15, -0.1) is 0 Å². The van der Waals surface area contributed by atoms with Gasteiger partial charge in [0.25, 0.3) is 5.17 Å². The van der Waals surface area contributed by atoms with E-state index in [0.29, 0.717) is 0 Å². The summed E-state index contributed by atoms with van der Waals surface area (Å²) in [6.07, 6.45) is 1.58. The standard InChI is InChI=1S/C9H15NO3S2/c1-9(2,3)13-8(14)10-7-4-5-15(11,12)6-7/h4-5,7H,6H2,1-3H3,(H,10,14)/t7-/m1/s1. The van der Waals surface area contributed by atoms with E-state index >= 15 is 0 Å². The summed E-state index contributed by atoms with van der Waals surface area (Å²) in [5.74, 6) is 0.0423. The first-order valence-electron chi connectivity index (χ1n) is 4.58. The van der Waals surface area contributed by atoms with Gasteiger partial charge < -0.3 is 10.1 Å². The fraction of sp³-hybridized carbons (Fsp3) is 0.667. The second kappa shape index (κ2) is 4.09. The van der Waals surface area contributed by atoms with Gasteiger partial charge in [-0.1, -0.05) is 0 Å². The zero-order valence-electron chi connectivity index (χ0n) is 8.98. The zero-order chi connectivity index (χ0) is 11.7. The van der Waals surface area contributed by atoms with E-state index in [0.717, 1.165) is 0 Å². The highest BCUT2D eigenvalue weighted by Gasteiger charge is 2.23. The molecule has 0 aromatic rings. The number of hydrogen-bond donors (Lipinski definition) is 1. The third-order valence-electron chi connectivity index (χ3n) is 1.63. The molecular weight excluding hydrogens is 234 g/mol. The molecule has 1 heterocycles. The normalized spacial score (nSPS) is 23.8. The molecule has 0 fully saturated rings. The molecule has 0 bridgehead atoms. The molecule has 0 unspecified atom stereocenters. The lowest BCUT2D eigenvalue weighted by atomic mass is 10.2. The van der Waals surface area contributed by atoms with Crippen LogP contribution in [0, 0.1) is 0 Å². The van der Waals surface area contributed by atoms with Gasteiger partial charge in [-0.2, -0.15) is 0 Å². The number of hydrogen-bond acceptors (Lipinski definition) is 4. The van der Waals surface area contributed by atoms with Crippen LogP contribution in [0.3, 0.4) is 0 Å². The Bertz CT molecular complexity index is 379. The highest BCUT2D eigenvalue weighted by Crippen LogP contribution is 2.10. The summed E-state index contributed by atoms with van der Waals surface area (Å²) in [5, 5.41) is 4.26. The highest BCUT2D eigenvalue weighted by atomic mass is 32.2. The predicted molar refractivity (Wildman–Crippen MR) is 63.3 cm³/mol. The van der Waals surface area contributed by atoms with E-state index < -0.39 is 9.84 Å². The Morgan fingerprint density at radius 2 is 2.13 bits per heavy atom. The first-order chi connectivity index (χ1) is 6.68. The van der Waals surface area contributed by atoms with Crippen LogP contribution in [0.4, 0.5) is 0 Å². The minimum Gasteiger partial charge on any atom is -0.465 e. The Morgan fingerprint density at radius 1 is 1.53 bits per heavy atom. The van der Waals surface area contributed by atoms with Gasteiger partial charge in [-0.05, 0) is 39.1 Å². The van der Waals surface area contributed by atoms with Crippen LogP contribution in [0.5, 0.6) is 0 Å². The number of ether oxygens (including phenoxy) is 1. The van der Waals surface area contributed by atoms with Crippen molar-refractivity contribution >= 4 is 27.2 Å². The second-order valence-electron chi connectivity index (χ2n) is 4.41. The summed E-state index contributed by atoms with van der Waals surface area (Å²) in [5.41, 5.74) is -0.370. The molecule has 0 aromatic carbocycles. The molecule has 0 aromatic heterocycles. The van der Waals surface area contributed by atoms with Crippen molar-refractivity contribution in [1.29, 1.82) is 0 Å². The van der Waals surface area contributed by atoms with Gasteiger partial charge in [0.1, 0.15) is 5.60 Å². The minimum atomic E-state index is -3.04. The Hall–Kier alpha value is -0.620. The van der Waals surface area contributed by atoms with Gasteiger partial charge in [0, 0.05) is 5.41 Å². The van der Waals surface area contributed by atoms with Gasteiger partial charge in [0.15, 0.2) is 9.84 Å². The number of sulfone groups is 1. The maximum atomic E-state index is 11.1. The molecule has 0 saturated heterocycles. The Balaban J connectivity index is 2.45. The molecule has 15 heavy (non-hydrogen) atoms. The van der Waals surface area contributed by atoms with Crippen molar-refractivity contribution in [2.45, 2.75) is 32.4 Å². The van der Waals surface area contributed by atoms with Crippen molar-refractivity contribution in [3.05, 3.63) is 11.5 Å². The fourth-order valence-corrected chi connectivity index (χ4v) is 2.76. The fourth-order valence-electron chi connectivity index (χ4n) is 1.12. The van der Waals surface area contributed by atoms with E-state index in [2.05, 4.69) is 5.32 Å². The van der Waals surface area contributed by atoms with Gasteiger partial charge >= 0.3 is 0 Å². The van der Waals surface area contributed by atoms with Crippen molar-refractivity contribution < 1.29 is 13.2 Å². The van der Waals surface area contributed by atoms with Crippen LogP contribution in [-0.2, 0) is 14.6 Å². The van der Waals surface area contributed by atoms with Gasteiger partial charge in [-0.3, -0.25) is 0 Å². The Labute approximate surface area is 95.6 Å². The lowest BCUT2D eigenvalue weighted by Gasteiger charge is -2.23. The summed E-state index contributed by atoms with van der Waals surface area (Å²) < 4.78 is 27.6. The zero-order valence-corrected chi connectivity index (χ0v) is 10.6. The smallest absolute Gasteiger partial charge is 0.257 e. The highest BCUT2D eigenvalue weighted by molar-refractivity contribution is 7.94. The van der Waals surface area contributed by atoms with Crippen LogP contribution in [-0.4, -0.2) is 31.0 Å². The molecule has 6 heteroatoms. The van der Waals surface area contributed by atoms with Crippen molar-refractivity contribution in [3.63, 3.8) is 0 Å².